The quantitative estimate of drug-likeness (QED) is 0.434. The predicted molar refractivity (Wildman–Crippen MR) is 107 cm³/mol. The van der Waals surface area contributed by atoms with Gasteiger partial charge in [-0.2, -0.15) is 10.2 Å². The molecule has 5 rings (SSSR count). The summed E-state index contributed by atoms with van der Waals surface area (Å²) in [6.07, 6.45) is 2.98. The Kier molecular flexibility index (Phi) is 4.58. The second-order valence-corrected chi connectivity index (χ2v) is 6.73. The van der Waals surface area contributed by atoms with Gasteiger partial charge in [0.1, 0.15) is 23.5 Å². The van der Waals surface area contributed by atoms with Crippen molar-refractivity contribution in [2.75, 3.05) is 0 Å². The van der Waals surface area contributed by atoms with Gasteiger partial charge in [0.15, 0.2) is 18.3 Å². The highest BCUT2D eigenvalue weighted by molar-refractivity contribution is 5.85. The number of aryl methyl sites for hydroxylation is 1. The molecular weight excluding hydrogens is 404 g/mol. The maximum atomic E-state index is 14.7. The van der Waals surface area contributed by atoms with Crippen LogP contribution in [0.2, 0.25) is 0 Å². The van der Waals surface area contributed by atoms with Crippen molar-refractivity contribution in [3.8, 4) is 28.4 Å². The molecule has 154 valence electrons. The van der Waals surface area contributed by atoms with E-state index >= 15 is 0 Å². The Morgan fingerprint density at radius 1 is 0.935 bits per heavy atom. The highest BCUT2D eigenvalue weighted by Crippen LogP contribution is 2.36. The zero-order valence-corrected chi connectivity index (χ0v) is 16.3. The largest absolute Gasteiger partial charge is 0.468 e. The number of hydrogen-bond acceptors (Lipinski definition) is 6. The highest BCUT2D eigenvalue weighted by atomic mass is 19.1. The van der Waals surface area contributed by atoms with Crippen LogP contribution in [0.15, 0.2) is 61.1 Å². The third-order valence-electron chi connectivity index (χ3n) is 4.67. The molecular formula is C21H15F2N7O. The van der Waals surface area contributed by atoms with Crippen LogP contribution < -0.4 is 4.74 Å². The van der Waals surface area contributed by atoms with Crippen molar-refractivity contribution in [3.05, 3.63) is 78.5 Å². The van der Waals surface area contributed by atoms with Crippen LogP contribution in [0.5, 0.6) is 5.88 Å². The van der Waals surface area contributed by atoms with E-state index in [1.54, 1.807) is 54.5 Å². The first kappa shape index (κ1) is 18.8. The van der Waals surface area contributed by atoms with E-state index in [-0.39, 0.29) is 29.4 Å². The van der Waals surface area contributed by atoms with Crippen molar-refractivity contribution in [1.82, 2.24) is 34.6 Å². The van der Waals surface area contributed by atoms with Crippen molar-refractivity contribution in [1.29, 1.82) is 0 Å². The van der Waals surface area contributed by atoms with E-state index in [0.29, 0.717) is 16.9 Å². The van der Waals surface area contributed by atoms with Gasteiger partial charge in [0.2, 0.25) is 5.88 Å². The van der Waals surface area contributed by atoms with Crippen LogP contribution in [-0.4, -0.2) is 34.6 Å². The molecule has 0 aliphatic carbocycles. The van der Waals surface area contributed by atoms with Crippen molar-refractivity contribution in [2.45, 2.75) is 6.61 Å². The van der Waals surface area contributed by atoms with Crippen molar-refractivity contribution < 1.29 is 13.5 Å². The Morgan fingerprint density at radius 3 is 2.32 bits per heavy atom. The van der Waals surface area contributed by atoms with Gasteiger partial charge in [-0.05, 0) is 18.2 Å². The van der Waals surface area contributed by atoms with E-state index in [2.05, 4.69) is 25.4 Å². The van der Waals surface area contributed by atoms with Crippen LogP contribution in [0.1, 0.15) is 5.82 Å². The molecule has 0 spiro atoms. The fourth-order valence-corrected chi connectivity index (χ4v) is 3.28. The number of benzene rings is 2. The van der Waals surface area contributed by atoms with Gasteiger partial charge in [-0.1, -0.05) is 30.3 Å². The third-order valence-corrected chi connectivity index (χ3v) is 4.67. The molecule has 0 aliphatic rings. The number of hydrogen-bond donors (Lipinski definition) is 0. The van der Waals surface area contributed by atoms with Crippen LogP contribution in [0.4, 0.5) is 8.78 Å². The number of ether oxygens (including phenoxy) is 1. The molecule has 0 saturated carbocycles. The minimum Gasteiger partial charge on any atom is -0.468 e. The first-order chi connectivity index (χ1) is 15.1. The molecule has 0 fully saturated rings. The monoisotopic (exact) mass is 419 g/mol. The third kappa shape index (κ3) is 3.37. The molecule has 31 heavy (non-hydrogen) atoms. The minimum atomic E-state index is -0.479. The number of aromatic nitrogens is 7. The number of fused-ring (bicyclic) bond motifs is 1. The normalized spacial score (nSPS) is 11.2. The Hall–Kier alpha value is -4.21. The summed E-state index contributed by atoms with van der Waals surface area (Å²) in [6.45, 7) is 0.0159. The highest BCUT2D eigenvalue weighted by Gasteiger charge is 2.23. The Bertz CT molecular complexity index is 1400. The average Bonchev–Trinajstić information content (AvgIpc) is 3.36. The number of nitrogens with zero attached hydrogens (tertiary/aromatic N) is 7. The molecule has 0 saturated heterocycles. The molecule has 0 atom stereocenters. The van der Waals surface area contributed by atoms with E-state index < -0.39 is 11.6 Å². The molecule has 0 radical (unpaired) electrons. The number of rotatable bonds is 5. The summed E-state index contributed by atoms with van der Waals surface area (Å²) in [7, 11) is 1.74. The van der Waals surface area contributed by atoms with Gasteiger partial charge in [0.05, 0.1) is 17.3 Å². The van der Waals surface area contributed by atoms with E-state index in [9.17, 15) is 8.78 Å². The van der Waals surface area contributed by atoms with E-state index in [0.717, 1.165) is 0 Å². The lowest BCUT2D eigenvalue weighted by atomic mass is 10.1. The molecule has 10 heteroatoms. The van der Waals surface area contributed by atoms with Gasteiger partial charge in [-0.3, -0.25) is 4.68 Å². The second-order valence-electron chi connectivity index (χ2n) is 6.73. The van der Waals surface area contributed by atoms with Gasteiger partial charge < -0.3 is 4.74 Å². The molecule has 2 aromatic carbocycles. The lowest BCUT2D eigenvalue weighted by Gasteiger charge is -2.06. The summed E-state index contributed by atoms with van der Waals surface area (Å²) in [5, 5.41) is 16.7. The lowest BCUT2D eigenvalue weighted by Crippen LogP contribution is -2.02. The van der Waals surface area contributed by atoms with Gasteiger partial charge in [0.25, 0.3) is 0 Å². The molecule has 0 aliphatic heterocycles. The lowest BCUT2D eigenvalue weighted by molar-refractivity contribution is 0.283. The summed E-state index contributed by atoms with van der Waals surface area (Å²) in [5.74, 6) is -0.205. The Labute approximate surface area is 174 Å². The van der Waals surface area contributed by atoms with E-state index in [1.807, 2.05) is 0 Å². The summed E-state index contributed by atoms with van der Waals surface area (Å²) in [6, 6.07) is 12.4. The van der Waals surface area contributed by atoms with Gasteiger partial charge in [-0.25, -0.2) is 18.3 Å². The zero-order chi connectivity index (χ0) is 21.4. The number of halogens is 2. The molecule has 0 bridgehead atoms. The topological polar surface area (TPSA) is 83.0 Å². The van der Waals surface area contributed by atoms with Crippen molar-refractivity contribution in [3.63, 3.8) is 0 Å². The molecule has 3 aromatic heterocycles. The second kappa shape index (κ2) is 7.56. The summed E-state index contributed by atoms with van der Waals surface area (Å²) < 4.78 is 38.0. The average molecular weight is 419 g/mol. The Morgan fingerprint density at radius 2 is 1.65 bits per heavy atom. The SMILES string of the molecule is Cn1cnc(COc2nn3c(-c4ccccc4F)nncc3c2-c2ccccc2F)n1. The van der Waals surface area contributed by atoms with Crippen LogP contribution >= 0.6 is 0 Å². The van der Waals surface area contributed by atoms with Crippen molar-refractivity contribution >= 4 is 5.52 Å². The fraction of sp³-hybridized carbons (Fsp3) is 0.0952. The molecule has 5 aromatic rings. The zero-order valence-electron chi connectivity index (χ0n) is 16.3. The van der Waals surface area contributed by atoms with Crippen LogP contribution in [0, 0.1) is 11.6 Å². The predicted octanol–water partition coefficient (Wildman–Crippen LogP) is 3.44. The molecule has 3 heterocycles. The minimum absolute atomic E-state index is 0.0159. The molecule has 8 nitrogen and oxygen atoms in total. The summed E-state index contributed by atoms with van der Waals surface area (Å²) in [4.78, 5) is 4.13. The van der Waals surface area contributed by atoms with Crippen molar-refractivity contribution in [2.24, 2.45) is 7.05 Å². The Balaban J connectivity index is 1.70. The van der Waals surface area contributed by atoms with Crippen LogP contribution in [0.3, 0.4) is 0 Å². The molecule has 0 N–H and O–H groups in total. The van der Waals surface area contributed by atoms with Gasteiger partial charge in [-0.15, -0.1) is 10.2 Å². The molecule has 0 amide bonds. The smallest absolute Gasteiger partial charge is 0.242 e. The van der Waals surface area contributed by atoms with E-state index in [4.69, 9.17) is 4.74 Å². The van der Waals surface area contributed by atoms with Crippen LogP contribution in [0.25, 0.3) is 28.0 Å². The first-order valence-corrected chi connectivity index (χ1v) is 9.33. The van der Waals surface area contributed by atoms with E-state index in [1.165, 1.54) is 22.8 Å². The van der Waals surface area contributed by atoms with Crippen LogP contribution in [-0.2, 0) is 13.7 Å². The maximum Gasteiger partial charge on any atom is 0.242 e. The maximum absolute atomic E-state index is 14.7. The fourth-order valence-electron chi connectivity index (χ4n) is 3.28. The standard InChI is InChI=1S/C21H15F2N7O/c1-29-12-24-18(27-29)11-31-21-19(13-6-2-4-8-15(13)22)17-10-25-26-20(30(17)28-21)14-7-3-5-9-16(14)23/h2-10,12H,11H2,1H3. The first-order valence-electron chi connectivity index (χ1n) is 9.33. The summed E-state index contributed by atoms with van der Waals surface area (Å²) >= 11 is 0. The summed E-state index contributed by atoms with van der Waals surface area (Å²) in [5.41, 5.74) is 1.28. The van der Waals surface area contributed by atoms with Gasteiger partial charge >= 0.3 is 0 Å². The van der Waals surface area contributed by atoms with Gasteiger partial charge in [0, 0.05) is 12.6 Å². The molecule has 0 unspecified atom stereocenters.